The number of ether oxygens (including phenoxy) is 1. The average Bonchev–Trinajstić information content (AvgIpc) is 2.42. The lowest BCUT2D eigenvalue weighted by Crippen LogP contribution is -2.41. The number of nitrogens with two attached hydrogens (primary N) is 1. The van der Waals surface area contributed by atoms with Gasteiger partial charge in [0.2, 0.25) is 5.91 Å². The number of hydrogen-bond acceptors (Lipinski definition) is 5. The number of primary amides is 1. The van der Waals surface area contributed by atoms with Gasteiger partial charge in [-0.1, -0.05) is 6.07 Å². The number of carboxylic acid groups (broad SMARTS) is 1. The Morgan fingerprint density at radius 1 is 1.38 bits per heavy atom. The van der Waals surface area contributed by atoms with E-state index >= 15 is 0 Å². The Hall–Kier alpha value is -2.77. The molecule has 0 unspecified atom stereocenters. The monoisotopic (exact) mass is 296 g/mol. The number of benzene rings is 1. The fourth-order valence-corrected chi connectivity index (χ4v) is 1.65. The second-order valence-electron chi connectivity index (χ2n) is 4.23. The van der Waals surface area contributed by atoms with Gasteiger partial charge in [-0.25, -0.2) is 4.79 Å². The molecule has 0 bridgehead atoms. The molecule has 8 nitrogen and oxygen atoms in total. The number of carbonyl (C=O) groups is 3. The summed E-state index contributed by atoms with van der Waals surface area (Å²) in [5.74, 6) is -3.06. The molecule has 0 radical (unpaired) electrons. The van der Waals surface area contributed by atoms with E-state index in [1.54, 1.807) is 0 Å². The van der Waals surface area contributed by atoms with E-state index in [1.165, 1.54) is 25.3 Å². The van der Waals surface area contributed by atoms with Gasteiger partial charge in [0.15, 0.2) is 11.5 Å². The van der Waals surface area contributed by atoms with Gasteiger partial charge < -0.3 is 26.0 Å². The number of phenols is 1. The van der Waals surface area contributed by atoms with Crippen molar-refractivity contribution in [1.29, 1.82) is 0 Å². The van der Waals surface area contributed by atoms with E-state index < -0.39 is 29.6 Å². The number of hydrogen-bond donors (Lipinski definition) is 4. The maximum atomic E-state index is 12.0. The zero-order chi connectivity index (χ0) is 16.0. The highest BCUT2D eigenvalue weighted by atomic mass is 16.5. The van der Waals surface area contributed by atoms with E-state index in [9.17, 15) is 19.5 Å². The maximum Gasteiger partial charge on any atom is 0.326 e. The molecule has 1 aromatic rings. The van der Waals surface area contributed by atoms with Crippen LogP contribution in [0.1, 0.15) is 23.2 Å². The van der Waals surface area contributed by atoms with E-state index in [4.69, 9.17) is 15.6 Å². The lowest BCUT2D eigenvalue weighted by molar-refractivity contribution is -0.139. The summed E-state index contributed by atoms with van der Waals surface area (Å²) in [5.41, 5.74) is 4.82. The predicted octanol–water partition coefficient (Wildman–Crippen LogP) is -0.151. The van der Waals surface area contributed by atoms with Crippen LogP contribution in [0.15, 0.2) is 18.2 Å². The third kappa shape index (κ3) is 4.37. The second kappa shape index (κ2) is 7.13. The fraction of sp³-hybridized carbons (Fsp3) is 0.308. The molecule has 0 saturated carbocycles. The Kier molecular flexibility index (Phi) is 5.53. The van der Waals surface area contributed by atoms with Gasteiger partial charge in [-0.2, -0.15) is 0 Å². The number of methoxy groups -OCH3 is 1. The normalized spacial score (nSPS) is 11.5. The van der Waals surface area contributed by atoms with Gasteiger partial charge in [0.1, 0.15) is 6.04 Å². The van der Waals surface area contributed by atoms with Crippen LogP contribution in [0.2, 0.25) is 0 Å². The molecule has 0 aliphatic heterocycles. The third-order valence-electron chi connectivity index (χ3n) is 2.75. The molecule has 0 aromatic heterocycles. The summed E-state index contributed by atoms with van der Waals surface area (Å²) in [6.07, 6.45) is -0.317. The first-order valence-electron chi connectivity index (χ1n) is 6.04. The van der Waals surface area contributed by atoms with Crippen LogP contribution in [0.3, 0.4) is 0 Å². The Balaban J connectivity index is 2.87. The molecule has 8 heteroatoms. The molecule has 2 amide bonds. The van der Waals surface area contributed by atoms with Gasteiger partial charge in [-0.15, -0.1) is 0 Å². The SMILES string of the molecule is COc1cccc(C(=O)N[C@@H](CCC(N)=O)C(=O)O)c1O. The number of amides is 2. The highest BCUT2D eigenvalue weighted by molar-refractivity contribution is 5.99. The van der Waals surface area contributed by atoms with Gasteiger partial charge in [0, 0.05) is 6.42 Å². The van der Waals surface area contributed by atoms with Crippen molar-refractivity contribution < 1.29 is 29.3 Å². The highest BCUT2D eigenvalue weighted by Gasteiger charge is 2.23. The van der Waals surface area contributed by atoms with Crippen molar-refractivity contribution in [2.45, 2.75) is 18.9 Å². The zero-order valence-electron chi connectivity index (χ0n) is 11.3. The van der Waals surface area contributed by atoms with Crippen molar-refractivity contribution in [2.24, 2.45) is 5.73 Å². The second-order valence-corrected chi connectivity index (χ2v) is 4.23. The molecule has 21 heavy (non-hydrogen) atoms. The minimum absolute atomic E-state index is 0.0895. The lowest BCUT2D eigenvalue weighted by Gasteiger charge is -2.15. The first-order chi connectivity index (χ1) is 9.86. The molecule has 0 heterocycles. The molecule has 5 N–H and O–H groups in total. The number of carbonyl (C=O) groups excluding carboxylic acids is 2. The van der Waals surface area contributed by atoms with E-state index in [1.807, 2.05) is 0 Å². The number of para-hydroxylation sites is 1. The van der Waals surface area contributed by atoms with Crippen molar-refractivity contribution in [3.63, 3.8) is 0 Å². The van der Waals surface area contributed by atoms with Gasteiger partial charge >= 0.3 is 5.97 Å². The van der Waals surface area contributed by atoms with Crippen LogP contribution >= 0.6 is 0 Å². The minimum atomic E-state index is -1.30. The molecule has 0 spiro atoms. The van der Waals surface area contributed by atoms with Crippen LogP contribution in [0.4, 0.5) is 0 Å². The molecule has 1 aromatic carbocycles. The summed E-state index contributed by atoms with van der Waals surface area (Å²) in [6.45, 7) is 0. The number of aromatic hydroxyl groups is 1. The first kappa shape index (κ1) is 16.3. The number of carboxylic acids is 1. The van der Waals surface area contributed by atoms with Crippen molar-refractivity contribution in [2.75, 3.05) is 7.11 Å². The zero-order valence-corrected chi connectivity index (χ0v) is 11.3. The maximum absolute atomic E-state index is 12.0. The largest absolute Gasteiger partial charge is 0.504 e. The highest BCUT2D eigenvalue weighted by Crippen LogP contribution is 2.29. The summed E-state index contributed by atoms with van der Waals surface area (Å²) in [6, 6.07) is 2.97. The molecule has 114 valence electrons. The van der Waals surface area contributed by atoms with Crippen LogP contribution in [-0.2, 0) is 9.59 Å². The summed E-state index contributed by atoms with van der Waals surface area (Å²) in [7, 11) is 1.32. The van der Waals surface area contributed by atoms with Crippen molar-refractivity contribution >= 4 is 17.8 Å². The minimum Gasteiger partial charge on any atom is -0.504 e. The van der Waals surface area contributed by atoms with E-state index in [0.717, 1.165) is 0 Å². The van der Waals surface area contributed by atoms with Gasteiger partial charge in [-0.05, 0) is 18.6 Å². The van der Waals surface area contributed by atoms with E-state index in [2.05, 4.69) is 5.32 Å². The molecule has 1 rings (SSSR count). The topological polar surface area (TPSA) is 139 Å². The van der Waals surface area contributed by atoms with Crippen molar-refractivity contribution in [3.05, 3.63) is 23.8 Å². The van der Waals surface area contributed by atoms with Crippen LogP contribution in [0.5, 0.6) is 11.5 Å². The van der Waals surface area contributed by atoms with Crippen LogP contribution in [-0.4, -0.2) is 41.1 Å². The number of rotatable bonds is 7. The van der Waals surface area contributed by atoms with Crippen molar-refractivity contribution in [3.8, 4) is 11.5 Å². The quantitative estimate of drug-likeness (QED) is 0.552. The predicted molar refractivity (Wildman–Crippen MR) is 72.0 cm³/mol. The molecule has 0 saturated heterocycles. The lowest BCUT2D eigenvalue weighted by atomic mass is 10.1. The van der Waals surface area contributed by atoms with Gasteiger partial charge in [-0.3, -0.25) is 9.59 Å². The summed E-state index contributed by atoms with van der Waals surface area (Å²) >= 11 is 0. The number of aliphatic carboxylic acids is 1. The average molecular weight is 296 g/mol. The van der Waals surface area contributed by atoms with E-state index in [0.29, 0.717) is 0 Å². The smallest absolute Gasteiger partial charge is 0.326 e. The summed E-state index contributed by atoms with van der Waals surface area (Å²) in [5, 5.41) is 21.0. The number of nitrogens with one attached hydrogen (secondary N) is 1. The molecule has 0 aliphatic carbocycles. The van der Waals surface area contributed by atoms with Gasteiger partial charge in [0.05, 0.1) is 12.7 Å². The molecular weight excluding hydrogens is 280 g/mol. The molecule has 0 fully saturated rings. The molecule has 1 atom stereocenters. The molecular formula is C13H16N2O6. The third-order valence-corrected chi connectivity index (χ3v) is 2.75. The Morgan fingerprint density at radius 2 is 2.05 bits per heavy atom. The Bertz CT molecular complexity index is 558. The van der Waals surface area contributed by atoms with E-state index in [-0.39, 0.29) is 24.2 Å². The standard InChI is InChI=1S/C13H16N2O6/c1-21-9-4-2-3-7(11(9)17)12(18)15-8(13(19)20)5-6-10(14)16/h2-4,8,17H,5-6H2,1H3,(H2,14,16)(H,15,18)(H,19,20)/t8-/m0/s1. The van der Waals surface area contributed by atoms with Crippen LogP contribution < -0.4 is 15.8 Å². The molecule has 0 aliphatic rings. The van der Waals surface area contributed by atoms with Crippen molar-refractivity contribution in [1.82, 2.24) is 5.32 Å². The van der Waals surface area contributed by atoms with Gasteiger partial charge in [0.25, 0.3) is 5.91 Å². The fourth-order valence-electron chi connectivity index (χ4n) is 1.65. The Labute approximate surface area is 120 Å². The Morgan fingerprint density at radius 3 is 2.57 bits per heavy atom. The number of phenolic OH excluding ortho intramolecular Hbond substituents is 1. The summed E-state index contributed by atoms with van der Waals surface area (Å²) in [4.78, 5) is 33.7. The van der Waals surface area contributed by atoms with Crippen LogP contribution in [0, 0.1) is 0 Å². The first-order valence-corrected chi connectivity index (χ1v) is 6.04. The summed E-state index contributed by atoms with van der Waals surface area (Å²) < 4.78 is 4.86. The van der Waals surface area contributed by atoms with Crippen LogP contribution in [0.25, 0.3) is 0 Å².